The van der Waals surface area contributed by atoms with Crippen LogP contribution in [0.5, 0.6) is 0 Å². The molecular formula is C18H29N5O2S. The van der Waals surface area contributed by atoms with E-state index in [1.54, 1.807) is 0 Å². The number of hydrogen-bond donors (Lipinski definition) is 1. The summed E-state index contributed by atoms with van der Waals surface area (Å²) in [5, 5.41) is 2.73. The van der Waals surface area contributed by atoms with Crippen LogP contribution in [0, 0.1) is 0 Å². The van der Waals surface area contributed by atoms with Gasteiger partial charge < -0.3 is 15.5 Å². The van der Waals surface area contributed by atoms with Crippen molar-refractivity contribution < 1.29 is 9.59 Å². The third kappa shape index (κ3) is 4.61. The molecule has 7 nitrogen and oxygen atoms in total. The lowest BCUT2D eigenvalue weighted by Crippen LogP contribution is -2.53. The minimum atomic E-state index is -0.0137. The largest absolute Gasteiger partial charge is 0.339 e. The summed E-state index contributed by atoms with van der Waals surface area (Å²) in [7, 11) is 0. The molecule has 144 valence electrons. The van der Waals surface area contributed by atoms with E-state index in [1.807, 2.05) is 15.2 Å². The molecule has 1 atom stereocenters. The van der Waals surface area contributed by atoms with Crippen LogP contribution >= 0.6 is 11.3 Å². The molecule has 0 bridgehead atoms. The Bertz CT molecular complexity index is 627. The summed E-state index contributed by atoms with van der Waals surface area (Å²) < 4.78 is 0. The summed E-state index contributed by atoms with van der Waals surface area (Å²) in [4.78, 5) is 35.6. The van der Waals surface area contributed by atoms with E-state index in [0.29, 0.717) is 44.3 Å². The molecule has 0 radical (unpaired) electrons. The van der Waals surface area contributed by atoms with Gasteiger partial charge in [0.2, 0.25) is 5.91 Å². The van der Waals surface area contributed by atoms with Crippen molar-refractivity contribution in [3.05, 3.63) is 16.1 Å². The quantitative estimate of drug-likeness (QED) is 0.818. The number of rotatable bonds is 5. The van der Waals surface area contributed by atoms with Crippen molar-refractivity contribution in [3.63, 3.8) is 0 Å². The van der Waals surface area contributed by atoms with E-state index in [0.717, 1.165) is 37.5 Å². The van der Waals surface area contributed by atoms with Gasteiger partial charge in [-0.05, 0) is 32.7 Å². The van der Waals surface area contributed by atoms with Gasteiger partial charge in [0.1, 0.15) is 5.69 Å². The van der Waals surface area contributed by atoms with Crippen molar-refractivity contribution >= 4 is 23.2 Å². The maximum absolute atomic E-state index is 12.6. The number of piperazine rings is 1. The van der Waals surface area contributed by atoms with E-state index in [-0.39, 0.29) is 11.8 Å². The lowest BCUT2D eigenvalue weighted by Gasteiger charge is -2.37. The van der Waals surface area contributed by atoms with Gasteiger partial charge >= 0.3 is 0 Å². The van der Waals surface area contributed by atoms with Crippen molar-refractivity contribution in [1.82, 2.24) is 19.7 Å². The van der Waals surface area contributed by atoms with Crippen LogP contribution in [0.4, 0.5) is 0 Å². The summed E-state index contributed by atoms with van der Waals surface area (Å²) in [5.41, 5.74) is 6.06. The molecule has 3 heterocycles. The summed E-state index contributed by atoms with van der Waals surface area (Å²) in [6.45, 7) is 6.79. The fourth-order valence-corrected chi connectivity index (χ4v) is 4.46. The molecule has 3 rings (SSSR count). The van der Waals surface area contributed by atoms with Gasteiger partial charge in [0.25, 0.3) is 5.91 Å². The molecule has 0 aliphatic carbocycles. The van der Waals surface area contributed by atoms with E-state index in [4.69, 9.17) is 5.73 Å². The van der Waals surface area contributed by atoms with Crippen molar-refractivity contribution in [2.45, 2.75) is 38.6 Å². The Hall–Kier alpha value is -1.51. The monoisotopic (exact) mass is 379 g/mol. The lowest BCUT2D eigenvalue weighted by molar-refractivity contribution is -0.136. The highest BCUT2D eigenvalue weighted by molar-refractivity contribution is 7.09. The van der Waals surface area contributed by atoms with Gasteiger partial charge in [-0.3, -0.25) is 14.5 Å². The Morgan fingerprint density at radius 2 is 2.00 bits per heavy atom. The van der Waals surface area contributed by atoms with Crippen LogP contribution in [-0.2, 0) is 11.2 Å². The second kappa shape index (κ2) is 8.92. The number of carbonyl (C=O) groups excluding carboxylic acids is 2. The van der Waals surface area contributed by atoms with Gasteiger partial charge in [-0.2, -0.15) is 0 Å². The second-order valence-corrected chi connectivity index (χ2v) is 8.11. The molecule has 0 saturated carbocycles. The van der Waals surface area contributed by atoms with Gasteiger partial charge in [0, 0.05) is 50.6 Å². The molecule has 8 heteroatoms. The number of hydrogen-bond acceptors (Lipinski definition) is 6. The molecule has 0 spiro atoms. The first kappa shape index (κ1) is 19.3. The van der Waals surface area contributed by atoms with Gasteiger partial charge in [-0.1, -0.05) is 0 Å². The fourth-order valence-electron chi connectivity index (χ4n) is 3.67. The molecular weight excluding hydrogens is 350 g/mol. The number of nitrogens with two attached hydrogens (primary N) is 1. The van der Waals surface area contributed by atoms with E-state index in [9.17, 15) is 9.59 Å². The zero-order valence-corrected chi connectivity index (χ0v) is 16.3. The second-order valence-electron chi connectivity index (χ2n) is 7.17. The van der Waals surface area contributed by atoms with E-state index in [2.05, 4.69) is 16.8 Å². The lowest BCUT2D eigenvalue weighted by atomic mass is 10.0. The highest BCUT2D eigenvalue weighted by Crippen LogP contribution is 2.17. The third-order valence-electron chi connectivity index (χ3n) is 5.27. The van der Waals surface area contributed by atoms with Crippen LogP contribution in [-0.4, -0.2) is 83.4 Å². The van der Waals surface area contributed by atoms with Gasteiger partial charge in [-0.25, -0.2) is 4.98 Å². The first-order valence-corrected chi connectivity index (χ1v) is 10.4. The van der Waals surface area contributed by atoms with Crippen molar-refractivity contribution in [2.75, 3.05) is 45.8 Å². The van der Waals surface area contributed by atoms with Crippen LogP contribution in [0.1, 0.15) is 41.7 Å². The zero-order chi connectivity index (χ0) is 18.5. The molecule has 0 aromatic carbocycles. The normalized spacial score (nSPS) is 21.8. The molecule has 2 N–H and O–H groups in total. The molecule has 1 aromatic rings. The van der Waals surface area contributed by atoms with Gasteiger partial charge in [-0.15, -0.1) is 11.3 Å². The number of likely N-dealkylation sites (tertiary alicyclic amines) is 1. The third-order valence-corrected chi connectivity index (χ3v) is 6.18. The smallest absolute Gasteiger partial charge is 0.273 e. The number of carbonyl (C=O) groups is 2. The summed E-state index contributed by atoms with van der Waals surface area (Å²) in [6, 6.07) is 0.353. The summed E-state index contributed by atoms with van der Waals surface area (Å²) in [5.74, 6) is 0.211. The highest BCUT2D eigenvalue weighted by atomic mass is 32.1. The highest BCUT2D eigenvalue weighted by Gasteiger charge is 2.28. The van der Waals surface area contributed by atoms with Gasteiger partial charge in [0.05, 0.1) is 11.6 Å². The average Bonchev–Trinajstić information content (AvgIpc) is 3.11. The Labute approximate surface area is 159 Å². The first-order valence-electron chi connectivity index (χ1n) is 9.54. The molecule has 2 saturated heterocycles. The van der Waals surface area contributed by atoms with Crippen LogP contribution in [0.2, 0.25) is 0 Å². The molecule has 1 unspecified atom stereocenters. The molecule has 2 amide bonds. The van der Waals surface area contributed by atoms with E-state index < -0.39 is 0 Å². The van der Waals surface area contributed by atoms with E-state index >= 15 is 0 Å². The van der Waals surface area contributed by atoms with Gasteiger partial charge in [0.15, 0.2) is 0 Å². The number of piperidine rings is 1. The molecule has 1 aromatic heterocycles. The Morgan fingerprint density at radius 1 is 1.23 bits per heavy atom. The summed E-state index contributed by atoms with van der Waals surface area (Å²) in [6.07, 6.45) is 4.14. The first-order chi connectivity index (χ1) is 12.6. The minimum Gasteiger partial charge on any atom is -0.339 e. The average molecular weight is 380 g/mol. The maximum atomic E-state index is 12.6. The van der Waals surface area contributed by atoms with Crippen LogP contribution in [0.25, 0.3) is 0 Å². The molecule has 26 heavy (non-hydrogen) atoms. The number of thiazole rings is 1. The topological polar surface area (TPSA) is 82.8 Å². The van der Waals surface area contributed by atoms with Crippen molar-refractivity contribution in [2.24, 2.45) is 5.73 Å². The van der Waals surface area contributed by atoms with Crippen LogP contribution < -0.4 is 5.73 Å². The Balaban J connectivity index is 1.47. The predicted molar refractivity (Wildman–Crippen MR) is 102 cm³/mol. The molecule has 2 aliphatic heterocycles. The molecule has 2 aliphatic rings. The fraction of sp³-hybridized carbons (Fsp3) is 0.722. The van der Waals surface area contributed by atoms with Crippen LogP contribution in [0.15, 0.2) is 5.38 Å². The molecule has 2 fully saturated rings. The SMILES string of the molecule is CC1CCCCN1C(=O)CN1CCN(C(=O)c2csc(CCN)n2)CC1. The predicted octanol–water partition coefficient (Wildman–Crippen LogP) is 0.803. The number of nitrogens with zero attached hydrogens (tertiary/aromatic N) is 4. The standard InChI is InChI=1S/C18H29N5O2S/c1-14-4-2-3-7-23(14)17(24)12-21-8-10-22(11-9-21)18(25)15-13-26-16(20-15)5-6-19/h13-14H,2-12,19H2,1H3. The number of aromatic nitrogens is 1. The minimum absolute atomic E-state index is 0.0137. The van der Waals surface area contributed by atoms with Crippen LogP contribution in [0.3, 0.4) is 0 Å². The van der Waals surface area contributed by atoms with E-state index in [1.165, 1.54) is 17.8 Å². The summed E-state index contributed by atoms with van der Waals surface area (Å²) >= 11 is 1.49. The number of amides is 2. The Kier molecular flexibility index (Phi) is 6.61. The van der Waals surface area contributed by atoms with Crippen molar-refractivity contribution in [1.29, 1.82) is 0 Å². The Morgan fingerprint density at radius 3 is 2.69 bits per heavy atom. The van der Waals surface area contributed by atoms with Crippen molar-refractivity contribution in [3.8, 4) is 0 Å². The zero-order valence-electron chi connectivity index (χ0n) is 15.5. The maximum Gasteiger partial charge on any atom is 0.273 e.